The average Bonchev–Trinajstić information content (AvgIpc) is 1.82. The van der Waals surface area contributed by atoms with Gasteiger partial charge in [-0.3, -0.25) is 0 Å². The van der Waals surface area contributed by atoms with Crippen molar-refractivity contribution in [2.24, 2.45) is 0 Å². The summed E-state index contributed by atoms with van der Waals surface area (Å²) in [4.78, 5) is 9.99. The largest absolute Gasteiger partial charge is 0.550 e. The van der Waals surface area contributed by atoms with E-state index >= 15 is 0 Å². The molecule has 0 aliphatic carbocycles. The summed E-state index contributed by atoms with van der Waals surface area (Å²) in [5, 5.41) is 19.0. The fourth-order valence-corrected chi connectivity index (χ4v) is 1.41. The molecule has 3 nitrogen and oxygen atoms in total. The second-order valence-electron chi connectivity index (χ2n) is 2.71. The first-order chi connectivity index (χ1) is 5.02. The van der Waals surface area contributed by atoms with Crippen LogP contribution in [0.2, 0.25) is 0 Å². The molecule has 66 valence electrons. The van der Waals surface area contributed by atoms with Crippen LogP contribution in [-0.2, 0) is 15.7 Å². The van der Waals surface area contributed by atoms with Crippen molar-refractivity contribution in [1.82, 2.24) is 0 Å². The fraction of sp³-hybridized carbons (Fsp3) is 0.857. The van der Waals surface area contributed by atoms with Gasteiger partial charge in [0, 0.05) is 18.8 Å². The number of rotatable bonds is 5. The predicted octanol–water partition coefficient (Wildman–Crippen LogP) is -1.24. The summed E-state index contributed by atoms with van der Waals surface area (Å²) in [6.45, 7) is 0. The lowest BCUT2D eigenvalue weighted by Crippen LogP contribution is -2.28. The first-order valence-corrected chi connectivity index (χ1v) is 5.65. The zero-order valence-electron chi connectivity index (χ0n) is 6.87. The van der Waals surface area contributed by atoms with E-state index in [1.54, 1.807) is 0 Å². The van der Waals surface area contributed by atoms with Crippen LogP contribution in [0.5, 0.6) is 0 Å². The molecule has 0 saturated carbocycles. The van der Waals surface area contributed by atoms with Crippen molar-refractivity contribution in [2.45, 2.75) is 18.9 Å². The quantitative estimate of drug-likeness (QED) is 0.535. The molecule has 0 aromatic rings. The van der Waals surface area contributed by atoms with E-state index in [1.165, 1.54) is 0 Å². The summed E-state index contributed by atoms with van der Waals surface area (Å²) in [5.41, 5.74) is 0. The Bertz CT molecular complexity index is 125. The van der Waals surface area contributed by atoms with Crippen LogP contribution in [0, 0.1) is 0 Å². The van der Waals surface area contributed by atoms with Crippen molar-refractivity contribution in [3.8, 4) is 0 Å². The van der Waals surface area contributed by atoms with E-state index in [-0.39, 0.29) is 17.3 Å². The third kappa shape index (κ3) is 7.68. The molecule has 0 rings (SSSR count). The highest BCUT2D eigenvalue weighted by molar-refractivity contribution is 7.95. The number of carbonyl (C=O) groups is 1. The maximum atomic E-state index is 9.99. The average molecular weight is 178 g/mol. The molecule has 1 unspecified atom stereocenters. The van der Waals surface area contributed by atoms with E-state index in [2.05, 4.69) is 12.5 Å². The summed E-state index contributed by atoms with van der Waals surface area (Å²) >= 11 is 0. The Balaban J connectivity index is 3.37. The molecule has 0 radical (unpaired) electrons. The predicted molar refractivity (Wildman–Crippen MR) is 44.3 cm³/mol. The molecule has 0 aromatic carbocycles. The van der Waals surface area contributed by atoms with Crippen molar-refractivity contribution in [1.29, 1.82) is 0 Å². The fourth-order valence-electron chi connectivity index (χ4n) is 0.666. The number of hydrogen-bond donors (Lipinski definition) is 1. The monoisotopic (exact) mass is 178 g/mol. The van der Waals surface area contributed by atoms with E-state index in [1.807, 2.05) is 0 Å². The van der Waals surface area contributed by atoms with Crippen LogP contribution in [0.1, 0.15) is 12.8 Å². The third-order valence-electron chi connectivity index (χ3n) is 1.26. The molecule has 0 aliphatic rings. The molecule has 1 atom stereocenters. The minimum atomic E-state index is -1.18. The summed E-state index contributed by atoms with van der Waals surface area (Å²) < 4.78 is 0. The van der Waals surface area contributed by atoms with Gasteiger partial charge < -0.3 is 15.0 Å². The van der Waals surface area contributed by atoms with Gasteiger partial charge in [-0.25, -0.2) is 0 Å². The van der Waals surface area contributed by atoms with Gasteiger partial charge in [-0.05, 0) is 10.9 Å². The standard InChI is InChI=1S/C7H14O3S/c1-11(2)4-3-6(8)5-7(9)10/h6,8H,3-5H2,1-2H3. The van der Waals surface area contributed by atoms with Gasteiger partial charge in [0.1, 0.15) is 5.75 Å². The van der Waals surface area contributed by atoms with Crippen molar-refractivity contribution in [2.75, 3.05) is 18.3 Å². The molecule has 0 amide bonds. The molecule has 0 fully saturated rings. The van der Waals surface area contributed by atoms with Crippen LogP contribution in [-0.4, -0.2) is 35.4 Å². The van der Waals surface area contributed by atoms with E-state index in [4.69, 9.17) is 5.11 Å². The molecular weight excluding hydrogens is 164 g/mol. The third-order valence-corrected chi connectivity index (χ3v) is 2.31. The van der Waals surface area contributed by atoms with Crippen molar-refractivity contribution in [3.05, 3.63) is 0 Å². The van der Waals surface area contributed by atoms with Crippen LogP contribution in [0.4, 0.5) is 0 Å². The van der Waals surface area contributed by atoms with E-state index in [0.717, 1.165) is 5.75 Å². The summed E-state index contributed by atoms with van der Waals surface area (Å²) in [6.07, 6.45) is 3.72. The Kier molecular flexibility index (Phi) is 5.32. The molecule has 4 heteroatoms. The van der Waals surface area contributed by atoms with Crippen LogP contribution >= 0.6 is 0 Å². The van der Waals surface area contributed by atoms with Crippen molar-refractivity contribution in [3.63, 3.8) is 0 Å². The highest BCUT2D eigenvalue weighted by atomic mass is 32.2. The number of aliphatic hydroxyl groups is 1. The number of carboxylic acid groups (broad SMARTS) is 1. The van der Waals surface area contributed by atoms with Crippen molar-refractivity contribution >= 4 is 16.9 Å². The number of hydrogen-bond acceptors (Lipinski definition) is 3. The molecular formula is C7H14O3S. The number of aliphatic carboxylic acids is 1. The summed E-state index contributed by atoms with van der Waals surface area (Å²) in [5.74, 6) is -0.293. The maximum absolute atomic E-state index is 9.99. The van der Waals surface area contributed by atoms with Crippen LogP contribution in [0.15, 0.2) is 0 Å². The zero-order valence-corrected chi connectivity index (χ0v) is 7.69. The van der Waals surface area contributed by atoms with Gasteiger partial charge in [-0.2, -0.15) is 0 Å². The van der Waals surface area contributed by atoms with Crippen molar-refractivity contribution < 1.29 is 15.0 Å². The summed E-state index contributed by atoms with van der Waals surface area (Å²) in [7, 11) is 0.276. The SMILES string of the molecule is C[S+](C)CCC(O)CC(=O)[O-]. The number of carboxylic acids is 1. The first kappa shape index (κ1) is 10.8. The van der Waals surface area contributed by atoms with Gasteiger partial charge in [-0.15, -0.1) is 0 Å². The molecule has 0 saturated heterocycles. The zero-order chi connectivity index (χ0) is 8.85. The number of carbonyl (C=O) groups excluding carboxylic acids is 1. The molecule has 1 N–H and O–H groups in total. The van der Waals surface area contributed by atoms with E-state index in [9.17, 15) is 9.90 Å². The topological polar surface area (TPSA) is 60.4 Å². The highest BCUT2D eigenvalue weighted by Gasteiger charge is 2.09. The van der Waals surface area contributed by atoms with Gasteiger partial charge in [0.25, 0.3) is 0 Å². The van der Waals surface area contributed by atoms with Gasteiger partial charge in [0.15, 0.2) is 0 Å². The van der Waals surface area contributed by atoms with E-state index < -0.39 is 12.1 Å². The minimum Gasteiger partial charge on any atom is -0.550 e. The number of aliphatic hydroxyl groups excluding tert-OH is 1. The molecule has 0 spiro atoms. The Morgan fingerprint density at radius 1 is 1.64 bits per heavy atom. The molecule has 0 bridgehead atoms. The van der Waals surface area contributed by atoms with Gasteiger partial charge in [0.05, 0.1) is 18.6 Å². The normalized spacial score (nSPS) is 13.5. The maximum Gasteiger partial charge on any atom is 0.110 e. The smallest absolute Gasteiger partial charge is 0.110 e. The molecule has 0 aromatic heterocycles. The lowest BCUT2D eigenvalue weighted by molar-refractivity contribution is -0.307. The second kappa shape index (κ2) is 5.43. The second-order valence-corrected chi connectivity index (χ2v) is 5.09. The Morgan fingerprint density at radius 3 is 2.55 bits per heavy atom. The lowest BCUT2D eigenvalue weighted by Gasteiger charge is -2.08. The Hall–Kier alpha value is -0.220. The Morgan fingerprint density at radius 2 is 2.18 bits per heavy atom. The highest BCUT2D eigenvalue weighted by Crippen LogP contribution is 1.99. The molecule has 0 aliphatic heterocycles. The summed E-state index contributed by atoms with van der Waals surface area (Å²) in [6, 6.07) is 0. The Labute approximate surface area is 69.8 Å². The van der Waals surface area contributed by atoms with Gasteiger partial charge >= 0.3 is 0 Å². The minimum absolute atomic E-state index is 0.239. The van der Waals surface area contributed by atoms with E-state index in [0.29, 0.717) is 6.42 Å². The molecule has 11 heavy (non-hydrogen) atoms. The lowest BCUT2D eigenvalue weighted by atomic mass is 10.2. The van der Waals surface area contributed by atoms with Crippen LogP contribution in [0.25, 0.3) is 0 Å². The molecule has 0 heterocycles. The van der Waals surface area contributed by atoms with Gasteiger partial charge in [0.2, 0.25) is 0 Å². The first-order valence-electron chi connectivity index (χ1n) is 3.44. The van der Waals surface area contributed by atoms with Crippen LogP contribution in [0.3, 0.4) is 0 Å². The van der Waals surface area contributed by atoms with Crippen LogP contribution < -0.4 is 5.11 Å². The van der Waals surface area contributed by atoms with Gasteiger partial charge in [-0.1, -0.05) is 0 Å².